The van der Waals surface area contributed by atoms with Crippen LogP contribution in [-0.4, -0.2) is 123 Å². The highest BCUT2D eigenvalue weighted by Crippen LogP contribution is 2.43. The van der Waals surface area contributed by atoms with Crippen LogP contribution in [0.2, 0.25) is 5.02 Å². The molecular formula is C75H82ClFN14O12S3. The number of nitrogens with zero attached hydrogens (tertiary/aromatic N) is 9. The summed E-state index contributed by atoms with van der Waals surface area (Å²) >= 11 is 5.76. The van der Waals surface area contributed by atoms with Gasteiger partial charge in [0.15, 0.2) is 16.6 Å². The molecule has 3 fully saturated rings. The fourth-order valence-corrected chi connectivity index (χ4v) is 17.3. The molecule has 10 heterocycles. The smallest absolute Gasteiger partial charge is 0.281 e. The van der Waals surface area contributed by atoms with Crippen LogP contribution in [0.25, 0.3) is 22.5 Å². The van der Waals surface area contributed by atoms with Gasteiger partial charge in [0.05, 0.1) is 46.8 Å². The van der Waals surface area contributed by atoms with Gasteiger partial charge < -0.3 is 40.4 Å². The molecule has 7 N–H and O–H groups in total. The number of halogens is 2. The fourth-order valence-electron chi connectivity index (χ4n) is 14.1. The molecule has 0 saturated carbocycles. The van der Waals surface area contributed by atoms with E-state index in [1.165, 1.54) is 79.1 Å². The van der Waals surface area contributed by atoms with E-state index in [2.05, 4.69) is 106 Å². The Balaban J connectivity index is 0.000000159. The molecule has 13 rings (SSSR count). The molecule has 4 aliphatic heterocycles. The third-order valence-corrected chi connectivity index (χ3v) is 22.9. The third-order valence-electron chi connectivity index (χ3n) is 18.6. The molecule has 9 aromatic rings. The standard InChI is InChI=1S/C26H29N5O4S.C25H29N5O4S.C24H24ClFN4O4S/c1-16-14-26(2,3)31(15-16)24-19(25(32)30-36(33,34)21-8-5-12-28-23(21)27)9-10-20(29-24)18-7-4-6-17-11-13-35-22(17)18;1-16-14-25(2,3)30(15-16)23-19(10-11-20(28-23)17-7-5-8-18(13-17)34-4)24(31)29-35(32,33)21-9-6-12-27-22(21)26;1-15-13-24(2,3)30(14-15)22-16(7-6-12-27-22)23(31)29-35(32,33)20-11-5-10-19(28-20)34-18-9-4-8-17(25)21(18)26/h4-10,12,16H,11,13-15H2,1-3H3,(H2,27,28)(H,30,32);5-13,16H,14-15H2,1-4H3,(H2,26,27)(H,29,31);4-12,15H,13-14H2,1-3H3,(H,29,31)/t2*16-;/m00./s1. The maximum absolute atomic E-state index is 14.2. The summed E-state index contributed by atoms with van der Waals surface area (Å²) in [6.07, 6.45) is 7.90. The van der Waals surface area contributed by atoms with Crippen molar-refractivity contribution in [2.24, 2.45) is 17.8 Å². The van der Waals surface area contributed by atoms with E-state index in [1.807, 2.05) is 47.4 Å². The number of aromatic nitrogens is 6. The van der Waals surface area contributed by atoms with E-state index in [0.29, 0.717) is 78.6 Å². The normalized spacial score (nSPS) is 17.7. The average molecular weight is 1520 g/mol. The van der Waals surface area contributed by atoms with Crippen LogP contribution >= 0.6 is 11.6 Å². The second-order valence-corrected chi connectivity index (χ2v) is 33.7. The number of carbonyl (C=O) groups is 3. The first-order valence-electron chi connectivity index (χ1n) is 34.0. The highest BCUT2D eigenvalue weighted by Gasteiger charge is 2.43. The number of nitrogens with two attached hydrogens (primary N) is 2. The molecule has 556 valence electrons. The highest BCUT2D eigenvalue weighted by atomic mass is 35.5. The van der Waals surface area contributed by atoms with Crippen molar-refractivity contribution < 1.29 is 58.2 Å². The summed E-state index contributed by atoms with van der Waals surface area (Å²) in [7, 11) is -11.3. The Hall–Kier alpha value is -10.6. The number of hydrogen-bond acceptors (Lipinski definition) is 23. The summed E-state index contributed by atoms with van der Waals surface area (Å²) in [6, 6.07) is 36.8. The lowest BCUT2D eigenvalue weighted by Crippen LogP contribution is -2.41. The zero-order valence-electron chi connectivity index (χ0n) is 60.0. The van der Waals surface area contributed by atoms with Crippen molar-refractivity contribution in [3.8, 4) is 45.6 Å². The number of nitrogens with one attached hydrogen (secondary N) is 3. The van der Waals surface area contributed by atoms with Crippen LogP contribution in [0, 0.1) is 23.6 Å². The lowest BCUT2D eigenvalue weighted by atomic mass is 9.97. The molecule has 0 bridgehead atoms. The number of nitrogen functional groups attached to an aromatic ring is 2. The minimum atomic E-state index is -4.38. The van der Waals surface area contributed by atoms with Gasteiger partial charge in [-0.2, -0.15) is 13.4 Å². The number of hydrogen-bond donors (Lipinski definition) is 5. The van der Waals surface area contributed by atoms with E-state index in [-0.39, 0.29) is 71.4 Å². The van der Waals surface area contributed by atoms with Gasteiger partial charge in [0.2, 0.25) is 5.88 Å². The van der Waals surface area contributed by atoms with Crippen LogP contribution in [0.15, 0.2) is 173 Å². The fraction of sp³-hybridized carbons (Fsp3) is 0.320. The predicted molar refractivity (Wildman–Crippen MR) is 402 cm³/mol. The average Bonchev–Trinajstić information content (AvgIpc) is 1.43. The van der Waals surface area contributed by atoms with Gasteiger partial charge in [0, 0.05) is 78.5 Å². The molecule has 1 unspecified atom stereocenters. The molecule has 3 saturated heterocycles. The Morgan fingerprint density at radius 3 is 1.58 bits per heavy atom. The number of benzene rings is 3. The molecule has 3 amide bonds. The van der Waals surface area contributed by atoms with Gasteiger partial charge in [-0.25, -0.2) is 60.3 Å². The molecule has 6 aromatic heterocycles. The lowest BCUT2D eigenvalue weighted by Gasteiger charge is -2.34. The largest absolute Gasteiger partial charge is 0.497 e. The molecule has 0 spiro atoms. The monoisotopic (exact) mass is 1520 g/mol. The number of methoxy groups -OCH3 is 1. The number of para-hydroxylation sites is 1. The van der Waals surface area contributed by atoms with Crippen LogP contribution in [-0.2, 0) is 36.5 Å². The van der Waals surface area contributed by atoms with Gasteiger partial charge in [-0.1, -0.05) is 68.8 Å². The van der Waals surface area contributed by atoms with E-state index in [4.69, 9.17) is 47.2 Å². The Bertz CT molecular complexity index is 5230. The Morgan fingerprint density at radius 1 is 0.557 bits per heavy atom. The van der Waals surface area contributed by atoms with Gasteiger partial charge in [-0.05, 0) is 181 Å². The number of rotatable bonds is 17. The lowest BCUT2D eigenvalue weighted by molar-refractivity contribution is 0.0972. The van der Waals surface area contributed by atoms with Crippen molar-refractivity contribution in [3.05, 3.63) is 191 Å². The summed E-state index contributed by atoms with van der Waals surface area (Å²) < 4.78 is 115. The van der Waals surface area contributed by atoms with Crippen molar-refractivity contribution in [1.29, 1.82) is 0 Å². The molecule has 3 atom stereocenters. The van der Waals surface area contributed by atoms with Gasteiger partial charge in [0.1, 0.15) is 50.4 Å². The van der Waals surface area contributed by atoms with Gasteiger partial charge in [-0.3, -0.25) is 14.4 Å². The minimum absolute atomic E-state index is 0.131. The summed E-state index contributed by atoms with van der Waals surface area (Å²) in [5.74, 6) is -0.0737. The first-order chi connectivity index (χ1) is 50.1. The quantitative estimate of drug-likeness (QED) is 0.0565. The number of fused-ring (bicyclic) bond motifs is 1. The minimum Gasteiger partial charge on any atom is -0.497 e. The molecule has 26 nitrogen and oxygen atoms in total. The van der Waals surface area contributed by atoms with E-state index in [0.717, 1.165) is 48.1 Å². The van der Waals surface area contributed by atoms with E-state index in [1.54, 1.807) is 43.6 Å². The van der Waals surface area contributed by atoms with Crippen molar-refractivity contribution in [3.63, 3.8) is 0 Å². The number of sulfonamides is 3. The van der Waals surface area contributed by atoms with Crippen LogP contribution in [0.1, 0.15) is 118 Å². The first kappa shape index (κ1) is 76.6. The zero-order valence-corrected chi connectivity index (χ0v) is 63.2. The van der Waals surface area contributed by atoms with Crippen LogP contribution in [0.5, 0.6) is 23.1 Å². The molecule has 3 aromatic carbocycles. The van der Waals surface area contributed by atoms with E-state index >= 15 is 0 Å². The number of amides is 3. The van der Waals surface area contributed by atoms with E-state index < -0.39 is 58.6 Å². The van der Waals surface area contributed by atoms with Crippen LogP contribution in [0.4, 0.5) is 33.5 Å². The van der Waals surface area contributed by atoms with Crippen molar-refractivity contribution >= 4 is 88.5 Å². The maximum atomic E-state index is 14.2. The molecule has 0 radical (unpaired) electrons. The SMILES string of the molecule is CC1CN(c2ncccc2C(=O)NS(=O)(=O)c2cccc(Oc3cccc(Cl)c3F)n2)C(C)(C)C1.COc1cccc(-c2ccc(C(=O)NS(=O)(=O)c3cccnc3N)c(N3C[C@@H](C)CC3(C)C)n2)c1.C[C@@H]1CN(c2nc(-c3cccc4c3OCC4)ccc2C(=O)NS(=O)(=O)c2cccnc2N)C(C)(C)C1. The van der Waals surface area contributed by atoms with Crippen LogP contribution < -0.4 is 54.5 Å². The molecule has 4 aliphatic rings. The summed E-state index contributed by atoms with van der Waals surface area (Å²) in [5.41, 5.74) is 15.2. The van der Waals surface area contributed by atoms with Crippen LogP contribution in [0.3, 0.4) is 0 Å². The number of pyridine rings is 6. The van der Waals surface area contributed by atoms with Gasteiger partial charge in [0.25, 0.3) is 47.8 Å². The Kier molecular flexibility index (Phi) is 22.0. The summed E-state index contributed by atoms with van der Waals surface area (Å²) in [4.78, 5) is 71.2. The Morgan fingerprint density at radius 2 is 1.04 bits per heavy atom. The second kappa shape index (κ2) is 30.5. The molecule has 106 heavy (non-hydrogen) atoms. The second-order valence-electron chi connectivity index (χ2n) is 28.4. The van der Waals surface area contributed by atoms with E-state index in [9.17, 15) is 44.0 Å². The van der Waals surface area contributed by atoms with Gasteiger partial charge >= 0.3 is 0 Å². The highest BCUT2D eigenvalue weighted by molar-refractivity contribution is 7.90. The summed E-state index contributed by atoms with van der Waals surface area (Å²) in [5, 5.41) is -0.618. The maximum Gasteiger partial charge on any atom is 0.281 e. The third kappa shape index (κ3) is 16.7. The van der Waals surface area contributed by atoms with Crippen molar-refractivity contribution in [1.82, 2.24) is 44.1 Å². The molecule has 0 aliphatic carbocycles. The first-order valence-corrected chi connectivity index (χ1v) is 38.8. The van der Waals surface area contributed by atoms with Crippen molar-refractivity contribution in [2.75, 3.05) is 59.5 Å². The topological polar surface area (TPSA) is 357 Å². The number of carbonyl (C=O) groups excluding carboxylic acids is 3. The Labute approximate surface area is 620 Å². The molecular weight excluding hydrogens is 1440 g/mol. The summed E-state index contributed by atoms with van der Waals surface area (Å²) in [6.45, 7) is 21.6. The predicted octanol–water partition coefficient (Wildman–Crippen LogP) is 11.7. The zero-order chi connectivity index (χ0) is 76.4. The van der Waals surface area contributed by atoms with Gasteiger partial charge in [-0.15, -0.1) is 0 Å². The number of ether oxygens (including phenoxy) is 3. The number of anilines is 5. The van der Waals surface area contributed by atoms with Crippen molar-refractivity contribution in [2.45, 2.75) is 119 Å². The molecule has 31 heteroatoms.